The van der Waals surface area contributed by atoms with Gasteiger partial charge in [0.05, 0.1) is 29.5 Å². The van der Waals surface area contributed by atoms with Crippen molar-refractivity contribution in [1.29, 1.82) is 0 Å². The molecule has 2 saturated heterocycles. The smallest absolute Gasteiger partial charge is 0.225 e. The highest BCUT2D eigenvalue weighted by Gasteiger charge is 2.55. The molecule has 1 atom stereocenters. The number of ketones is 1. The fraction of sp³-hybridized carbons (Fsp3) is 0.548. The largest absolute Gasteiger partial charge is 0.491 e. The molecule has 232 valence electrons. The van der Waals surface area contributed by atoms with E-state index >= 15 is 0 Å². The molecule has 4 N–H and O–H groups in total. The van der Waals surface area contributed by atoms with Crippen LogP contribution in [0.5, 0.6) is 5.75 Å². The number of Topliss-reactive ketones (excluding diaryl/α,β-unsaturated/α-hetero) is 1. The molecular formula is C31H41ClN6O5. The summed E-state index contributed by atoms with van der Waals surface area (Å²) in [5.74, 6) is 1.66. The summed E-state index contributed by atoms with van der Waals surface area (Å²) in [7, 11) is 1.76. The number of hydrogen-bond acceptors (Lipinski definition) is 10. The summed E-state index contributed by atoms with van der Waals surface area (Å²) in [6.45, 7) is 9.62. The second-order valence-electron chi connectivity index (χ2n) is 12.0. The number of aromatic nitrogens is 2. The van der Waals surface area contributed by atoms with E-state index in [1.807, 2.05) is 11.8 Å². The van der Waals surface area contributed by atoms with Gasteiger partial charge in [-0.3, -0.25) is 9.59 Å². The molecule has 1 amide bonds. The molecule has 5 rings (SSSR count). The summed E-state index contributed by atoms with van der Waals surface area (Å²) in [5.41, 5.74) is 8.75. The summed E-state index contributed by atoms with van der Waals surface area (Å²) in [5, 5.41) is 13.4. The Hall–Kier alpha value is -3.25. The van der Waals surface area contributed by atoms with Gasteiger partial charge in [0, 0.05) is 60.9 Å². The highest BCUT2D eigenvalue weighted by atomic mass is 35.5. The fourth-order valence-electron chi connectivity index (χ4n) is 6.43. The molecule has 0 radical (unpaired) electrons. The van der Waals surface area contributed by atoms with Crippen LogP contribution in [0.2, 0.25) is 5.02 Å². The van der Waals surface area contributed by atoms with Crippen molar-refractivity contribution in [2.24, 2.45) is 17.1 Å². The minimum absolute atomic E-state index is 0.0539. The number of rotatable bonds is 10. The predicted molar refractivity (Wildman–Crippen MR) is 165 cm³/mol. The number of carbonyl (C=O) groups excluding carboxylic acids is 2. The van der Waals surface area contributed by atoms with Crippen LogP contribution in [0, 0.1) is 18.3 Å². The summed E-state index contributed by atoms with van der Waals surface area (Å²) >= 11 is 6.65. The molecule has 0 bridgehead atoms. The molecule has 3 fully saturated rings. The van der Waals surface area contributed by atoms with Crippen molar-refractivity contribution < 1.29 is 24.2 Å². The summed E-state index contributed by atoms with van der Waals surface area (Å²) in [6.07, 6.45) is 1.03. The lowest BCUT2D eigenvalue weighted by molar-refractivity contribution is -0.148. The van der Waals surface area contributed by atoms with Gasteiger partial charge in [0.2, 0.25) is 5.91 Å². The van der Waals surface area contributed by atoms with Crippen LogP contribution in [0.15, 0.2) is 23.9 Å². The Kier molecular flexibility index (Phi) is 9.26. The van der Waals surface area contributed by atoms with Gasteiger partial charge >= 0.3 is 0 Å². The van der Waals surface area contributed by atoms with Crippen LogP contribution >= 0.6 is 11.6 Å². The Morgan fingerprint density at radius 2 is 1.93 bits per heavy atom. The third kappa shape index (κ3) is 6.50. The number of nitrogens with two attached hydrogens (primary N) is 1. The number of likely N-dealkylation sites (N-methyl/N-ethyl adjacent to an activating group) is 1. The lowest BCUT2D eigenvalue weighted by atomic mass is 9.57. The van der Waals surface area contributed by atoms with Gasteiger partial charge in [-0.05, 0) is 58.9 Å². The van der Waals surface area contributed by atoms with Crippen LogP contribution < -0.4 is 20.7 Å². The quantitative estimate of drug-likeness (QED) is 0.342. The molecule has 1 spiro atoms. The lowest BCUT2D eigenvalue weighted by Crippen LogP contribution is -2.65. The van der Waals surface area contributed by atoms with Crippen molar-refractivity contribution in [3.63, 3.8) is 0 Å². The van der Waals surface area contributed by atoms with Gasteiger partial charge in [-0.2, -0.15) is 0 Å². The number of morpholine rings is 1. The molecule has 1 aromatic heterocycles. The van der Waals surface area contributed by atoms with Crippen LogP contribution in [0.25, 0.3) is 17.0 Å². The van der Waals surface area contributed by atoms with Crippen molar-refractivity contribution in [1.82, 2.24) is 20.2 Å². The molecule has 2 aromatic rings. The number of hydrogen-bond donors (Lipinski definition) is 3. The van der Waals surface area contributed by atoms with E-state index in [1.54, 1.807) is 32.2 Å². The zero-order valence-electron chi connectivity index (χ0n) is 25.3. The average molecular weight is 613 g/mol. The number of allylic oxidation sites excluding steroid dienone is 2. The van der Waals surface area contributed by atoms with Crippen molar-refractivity contribution in [3.05, 3.63) is 40.2 Å². The van der Waals surface area contributed by atoms with Gasteiger partial charge in [-0.1, -0.05) is 11.6 Å². The lowest BCUT2D eigenvalue weighted by Gasteiger charge is -2.59. The van der Waals surface area contributed by atoms with Crippen molar-refractivity contribution >= 4 is 34.7 Å². The van der Waals surface area contributed by atoms with Crippen LogP contribution in [0.4, 0.5) is 5.82 Å². The monoisotopic (exact) mass is 612 g/mol. The van der Waals surface area contributed by atoms with Gasteiger partial charge in [0.15, 0.2) is 11.6 Å². The van der Waals surface area contributed by atoms with Crippen molar-refractivity contribution in [2.75, 3.05) is 64.5 Å². The maximum atomic E-state index is 13.0. The summed E-state index contributed by atoms with van der Waals surface area (Å²) < 4.78 is 11.2. The minimum Gasteiger partial charge on any atom is -0.491 e. The number of amides is 1. The van der Waals surface area contributed by atoms with Gasteiger partial charge < -0.3 is 35.4 Å². The topological polar surface area (TPSA) is 143 Å². The summed E-state index contributed by atoms with van der Waals surface area (Å²) in [6, 6.07) is 5.17. The van der Waals surface area contributed by atoms with E-state index in [4.69, 9.17) is 36.8 Å². The number of carbonyl (C=O) groups is 2. The Morgan fingerprint density at radius 1 is 1.23 bits per heavy atom. The first-order chi connectivity index (χ1) is 20.5. The van der Waals surface area contributed by atoms with Crippen LogP contribution in [-0.2, 0) is 14.3 Å². The maximum Gasteiger partial charge on any atom is 0.225 e. The predicted octanol–water partition coefficient (Wildman–Crippen LogP) is 2.42. The Balaban J connectivity index is 1.42. The second kappa shape index (κ2) is 12.8. The van der Waals surface area contributed by atoms with Crippen LogP contribution in [0.3, 0.4) is 0 Å². The third-order valence-corrected chi connectivity index (χ3v) is 8.88. The normalized spacial score (nSPS) is 19.4. The highest BCUT2D eigenvalue weighted by molar-refractivity contribution is 6.33. The second-order valence-corrected chi connectivity index (χ2v) is 12.4. The molecule has 0 unspecified atom stereocenters. The number of nitrogens with zero attached hydrogens (tertiary/aromatic N) is 4. The number of aliphatic hydroxyl groups is 1. The van der Waals surface area contributed by atoms with Gasteiger partial charge in [0.25, 0.3) is 0 Å². The maximum absolute atomic E-state index is 13.0. The van der Waals surface area contributed by atoms with E-state index in [2.05, 4.69) is 10.2 Å². The molecule has 1 aromatic carbocycles. The van der Waals surface area contributed by atoms with Gasteiger partial charge in [-0.25, -0.2) is 9.97 Å². The molecule has 12 heteroatoms. The molecule has 43 heavy (non-hydrogen) atoms. The Morgan fingerprint density at radius 3 is 2.56 bits per heavy atom. The first-order valence-electron chi connectivity index (χ1n) is 14.7. The Labute approximate surface area is 257 Å². The molecule has 3 heterocycles. The zero-order chi connectivity index (χ0) is 30.9. The van der Waals surface area contributed by atoms with Crippen LogP contribution in [-0.4, -0.2) is 97.4 Å². The number of nitrogens with one attached hydrogen (secondary N) is 1. The Bertz CT molecular complexity index is 1410. The number of anilines is 1. The molecule has 1 aliphatic carbocycles. The molecular weight excluding hydrogens is 572 g/mol. The first kappa shape index (κ1) is 31.2. The number of aliphatic hydroxyl groups excluding tert-OH is 1. The molecule has 2 aliphatic heterocycles. The summed E-state index contributed by atoms with van der Waals surface area (Å²) in [4.78, 5) is 39.6. The van der Waals surface area contributed by atoms with E-state index in [0.29, 0.717) is 77.8 Å². The number of halogens is 1. The molecule has 3 aliphatic rings. The van der Waals surface area contributed by atoms with Crippen molar-refractivity contribution in [2.45, 2.75) is 39.7 Å². The van der Waals surface area contributed by atoms with E-state index in [1.165, 1.54) is 6.92 Å². The van der Waals surface area contributed by atoms with E-state index in [9.17, 15) is 14.7 Å². The van der Waals surface area contributed by atoms with Gasteiger partial charge in [0.1, 0.15) is 24.3 Å². The fourth-order valence-corrected chi connectivity index (χ4v) is 6.64. The van der Waals surface area contributed by atoms with E-state index < -0.39 is 6.10 Å². The van der Waals surface area contributed by atoms with Crippen molar-refractivity contribution in [3.8, 4) is 17.1 Å². The first-order valence-corrected chi connectivity index (χ1v) is 15.1. The average Bonchev–Trinajstić information content (AvgIpc) is 2.93. The highest BCUT2D eigenvalue weighted by Crippen LogP contribution is 2.54. The minimum atomic E-state index is -0.678. The molecule has 1 saturated carbocycles. The van der Waals surface area contributed by atoms with E-state index in [0.717, 1.165) is 31.5 Å². The standard InChI is InChI=1S/C31H41ClN6O5/c1-18-27(26(19(2)33)20(3)39)35-28(24-11-23(5-6-25(24)32)43-15-22(40)14-34-4)36-29(18)38-16-31(17-38)12-21(13-31)30(41)37-7-9-42-10-8-37/h5-6,11,21-22,34,40H,7-10,12-17,33H2,1-4H3/t22-/m1/s1. The number of benzene rings is 1. The third-order valence-electron chi connectivity index (χ3n) is 8.55. The zero-order valence-corrected chi connectivity index (χ0v) is 26.0. The number of ether oxygens (including phenoxy) is 2. The van der Waals surface area contributed by atoms with Gasteiger partial charge in [-0.15, -0.1) is 0 Å². The van der Waals surface area contributed by atoms with E-state index in [-0.39, 0.29) is 29.6 Å². The molecule has 11 nitrogen and oxygen atoms in total. The van der Waals surface area contributed by atoms with Crippen LogP contribution in [0.1, 0.15) is 37.9 Å². The SMILES string of the molecule is CNC[C@@H](O)COc1ccc(Cl)c(-c2nc(C(C(C)=O)=C(C)N)c(C)c(N3CC4(CC(C(=O)N5CCOCC5)C4)C3)n2)c1.